The standard InChI is InChI=1S/C18H23FN2O3S/c1-13(20-12-15-8-6-10-17(24-4)18(15)19)14-7-5-9-16(11-14)25(22,23)21(2)3/h5-11,13,20H,12H2,1-4H3. The van der Waals surface area contributed by atoms with Crippen LogP contribution >= 0.6 is 0 Å². The maximum Gasteiger partial charge on any atom is 0.242 e. The van der Waals surface area contributed by atoms with E-state index >= 15 is 0 Å². The van der Waals surface area contributed by atoms with Crippen molar-refractivity contribution in [2.45, 2.75) is 24.4 Å². The van der Waals surface area contributed by atoms with Gasteiger partial charge in [0.1, 0.15) is 0 Å². The summed E-state index contributed by atoms with van der Waals surface area (Å²) in [7, 11) is 0.929. The topological polar surface area (TPSA) is 58.6 Å². The molecule has 1 N–H and O–H groups in total. The monoisotopic (exact) mass is 366 g/mol. The molecule has 0 heterocycles. The minimum atomic E-state index is -3.49. The Bertz CT molecular complexity index is 838. The van der Waals surface area contributed by atoms with Gasteiger partial charge in [0.25, 0.3) is 0 Å². The van der Waals surface area contributed by atoms with E-state index in [2.05, 4.69) is 5.32 Å². The summed E-state index contributed by atoms with van der Waals surface area (Å²) in [6.07, 6.45) is 0. The maximum absolute atomic E-state index is 14.2. The van der Waals surface area contributed by atoms with E-state index in [0.29, 0.717) is 12.1 Å². The summed E-state index contributed by atoms with van der Waals surface area (Å²) in [4.78, 5) is 0.233. The number of rotatable bonds is 7. The number of ether oxygens (including phenoxy) is 1. The van der Waals surface area contributed by atoms with Gasteiger partial charge in [0.05, 0.1) is 12.0 Å². The third-order valence-electron chi connectivity index (χ3n) is 4.00. The molecular weight excluding hydrogens is 343 g/mol. The highest BCUT2D eigenvalue weighted by Crippen LogP contribution is 2.22. The van der Waals surface area contributed by atoms with Crippen LogP contribution in [0.1, 0.15) is 24.1 Å². The molecule has 0 amide bonds. The van der Waals surface area contributed by atoms with Crippen LogP contribution in [0.25, 0.3) is 0 Å². The van der Waals surface area contributed by atoms with Gasteiger partial charge in [0, 0.05) is 32.2 Å². The smallest absolute Gasteiger partial charge is 0.242 e. The first kappa shape index (κ1) is 19.4. The van der Waals surface area contributed by atoms with Crippen molar-refractivity contribution in [3.05, 3.63) is 59.4 Å². The zero-order chi connectivity index (χ0) is 18.6. The number of benzene rings is 2. The molecule has 0 saturated heterocycles. The van der Waals surface area contributed by atoms with Crippen molar-refractivity contribution >= 4 is 10.0 Å². The first-order valence-corrected chi connectivity index (χ1v) is 9.28. The van der Waals surface area contributed by atoms with Gasteiger partial charge in [-0.3, -0.25) is 0 Å². The molecule has 1 unspecified atom stereocenters. The van der Waals surface area contributed by atoms with Crippen LogP contribution in [0.5, 0.6) is 5.75 Å². The molecule has 136 valence electrons. The molecule has 0 aromatic heterocycles. The lowest BCUT2D eigenvalue weighted by Crippen LogP contribution is -2.23. The third kappa shape index (κ3) is 4.36. The molecule has 0 bridgehead atoms. The van der Waals surface area contributed by atoms with E-state index < -0.39 is 15.8 Å². The van der Waals surface area contributed by atoms with Gasteiger partial charge in [0.15, 0.2) is 11.6 Å². The highest BCUT2D eigenvalue weighted by molar-refractivity contribution is 7.89. The Kier molecular flexibility index (Phi) is 6.16. The molecule has 0 fully saturated rings. The number of nitrogens with one attached hydrogen (secondary N) is 1. The SMILES string of the molecule is COc1cccc(CNC(C)c2cccc(S(=O)(=O)N(C)C)c2)c1F. The quantitative estimate of drug-likeness (QED) is 0.819. The van der Waals surface area contributed by atoms with E-state index in [9.17, 15) is 12.8 Å². The van der Waals surface area contributed by atoms with Crippen LogP contribution in [0, 0.1) is 5.82 Å². The summed E-state index contributed by atoms with van der Waals surface area (Å²) in [6.45, 7) is 2.20. The first-order valence-electron chi connectivity index (χ1n) is 7.84. The fourth-order valence-electron chi connectivity index (χ4n) is 2.39. The molecule has 5 nitrogen and oxygen atoms in total. The summed E-state index contributed by atoms with van der Waals surface area (Å²) in [5.74, 6) is -0.195. The summed E-state index contributed by atoms with van der Waals surface area (Å²) in [6, 6.07) is 11.6. The zero-order valence-electron chi connectivity index (χ0n) is 14.8. The molecule has 0 spiro atoms. The van der Waals surface area contributed by atoms with Gasteiger partial charge in [-0.15, -0.1) is 0 Å². The van der Waals surface area contributed by atoms with Crippen LogP contribution in [-0.2, 0) is 16.6 Å². The highest BCUT2D eigenvalue weighted by atomic mass is 32.2. The number of hydrogen-bond acceptors (Lipinski definition) is 4. The summed E-state index contributed by atoms with van der Waals surface area (Å²) < 4.78 is 44.8. The van der Waals surface area contributed by atoms with Crippen molar-refractivity contribution in [3.8, 4) is 5.75 Å². The van der Waals surface area contributed by atoms with Gasteiger partial charge in [0.2, 0.25) is 10.0 Å². The van der Waals surface area contributed by atoms with Gasteiger partial charge in [-0.2, -0.15) is 0 Å². The number of sulfonamides is 1. The van der Waals surface area contributed by atoms with E-state index in [1.165, 1.54) is 25.5 Å². The van der Waals surface area contributed by atoms with E-state index in [1.54, 1.807) is 36.4 Å². The average molecular weight is 366 g/mol. The van der Waals surface area contributed by atoms with Crippen LogP contribution in [-0.4, -0.2) is 33.9 Å². The fraction of sp³-hybridized carbons (Fsp3) is 0.333. The maximum atomic E-state index is 14.2. The lowest BCUT2D eigenvalue weighted by molar-refractivity contribution is 0.382. The number of hydrogen-bond donors (Lipinski definition) is 1. The Hall–Kier alpha value is -1.96. The van der Waals surface area contributed by atoms with Crippen LogP contribution in [0.4, 0.5) is 4.39 Å². The van der Waals surface area contributed by atoms with Crippen LogP contribution < -0.4 is 10.1 Å². The first-order chi connectivity index (χ1) is 11.8. The predicted molar refractivity (Wildman–Crippen MR) is 95.5 cm³/mol. The number of methoxy groups -OCH3 is 1. The largest absolute Gasteiger partial charge is 0.494 e. The van der Waals surface area contributed by atoms with Gasteiger partial charge in [-0.25, -0.2) is 17.1 Å². The Morgan fingerprint density at radius 2 is 1.88 bits per heavy atom. The van der Waals surface area contributed by atoms with Crippen LogP contribution in [0.3, 0.4) is 0 Å². The minimum absolute atomic E-state index is 0.150. The van der Waals surface area contributed by atoms with Crippen molar-refractivity contribution in [2.24, 2.45) is 0 Å². The van der Waals surface area contributed by atoms with Crippen molar-refractivity contribution in [2.75, 3.05) is 21.2 Å². The Morgan fingerprint density at radius 3 is 2.52 bits per heavy atom. The van der Waals surface area contributed by atoms with Gasteiger partial charge < -0.3 is 10.1 Å². The predicted octanol–water partition coefficient (Wildman–Crippen LogP) is 2.94. The Balaban J connectivity index is 2.16. The molecule has 1 atom stereocenters. The molecule has 0 radical (unpaired) electrons. The second kappa shape index (κ2) is 7.95. The van der Waals surface area contributed by atoms with E-state index in [4.69, 9.17) is 4.74 Å². The molecule has 0 saturated carbocycles. The molecule has 25 heavy (non-hydrogen) atoms. The molecule has 2 aromatic carbocycles. The summed E-state index contributed by atoms with van der Waals surface area (Å²) in [5.41, 5.74) is 1.30. The van der Waals surface area contributed by atoms with Gasteiger partial charge in [-0.05, 0) is 30.7 Å². The summed E-state index contributed by atoms with van der Waals surface area (Å²) in [5, 5.41) is 3.21. The lowest BCUT2D eigenvalue weighted by atomic mass is 10.1. The molecule has 0 aliphatic heterocycles. The van der Waals surface area contributed by atoms with Crippen molar-refractivity contribution in [1.29, 1.82) is 0 Å². The fourth-order valence-corrected chi connectivity index (χ4v) is 3.34. The lowest BCUT2D eigenvalue weighted by Gasteiger charge is -2.17. The summed E-state index contributed by atoms with van der Waals surface area (Å²) >= 11 is 0. The van der Waals surface area contributed by atoms with Crippen LogP contribution in [0.2, 0.25) is 0 Å². The molecule has 7 heteroatoms. The highest BCUT2D eigenvalue weighted by Gasteiger charge is 2.18. The molecular formula is C18H23FN2O3S. The third-order valence-corrected chi connectivity index (χ3v) is 5.81. The normalized spacial score (nSPS) is 13.0. The van der Waals surface area contributed by atoms with Crippen LogP contribution in [0.15, 0.2) is 47.4 Å². The van der Waals surface area contributed by atoms with E-state index in [-0.39, 0.29) is 16.7 Å². The second-order valence-corrected chi connectivity index (χ2v) is 8.05. The van der Waals surface area contributed by atoms with E-state index in [1.807, 2.05) is 13.0 Å². The molecule has 2 aromatic rings. The molecule has 2 rings (SSSR count). The zero-order valence-corrected chi connectivity index (χ0v) is 15.6. The minimum Gasteiger partial charge on any atom is -0.494 e. The van der Waals surface area contributed by atoms with Crippen molar-refractivity contribution in [3.63, 3.8) is 0 Å². The second-order valence-electron chi connectivity index (χ2n) is 5.90. The average Bonchev–Trinajstić information content (AvgIpc) is 2.60. The number of halogens is 1. The molecule has 0 aliphatic rings. The van der Waals surface area contributed by atoms with E-state index in [0.717, 1.165) is 5.56 Å². The molecule has 0 aliphatic carbocycles. The van der Waals surface area contributed by atoms with Crippen molar-refractivity contribution in [1.82, 2.24) is 9.62 Å². The Morgan fingerprint density at radius 1 is 1.20 bits per heavy atom. The number of nitrogens with zero attached hydrogens (tertiary/aromatic N) is 1. The van der Waals surface area contributed by atoms with Gasteiger partial charge in [-0.1, -0.05) is 24.3 Å². The van der Waals surface area contributed by atoms with Crippen molar-refractivity contribution < 1.29 is 17.5 Å². The Labute approximate surface area is 148 Å². The van der Waals surface area contributed by atoms with Gasteiger partial charge >= 0.3 is 0 Å².